The molecule has 0 aliphatic carbocycles. The molecule has 0 aliphatic rings. The standard InChI is InChI=1S/C18H18N2O2/c1-3-12-22-17-10-6-15(7-11-17)13-19-20-18(21)16-8-4-14(2)5-9-16/h3-11,13H,1,12H2,2H3,(H,20,21)/b19-13+. The summed E-state index contributed by atoms with van der Waals surface area (Å²) in [7, 11) is 0. The van der Waals surface area contributed by atoms with Crippen LogP contribution in [0.25, 0.3) is 0 Å². The van der Waals surface area contributed by atoms with Gasteiger partial charge in [0.2, 0.25) is 0 Å². The maximum Gasteiger partial charge on any atom is 0.271 e. The Balaban J connectivity index is 1.90. The van der Waals surface area contributed by atoms with Crippen LogP contribution in [0.15, 0.2) is 66.3 Å². The second-order valence-electron chi connectivity index (χ2n) is 4.73. The molecule has 0 heterocycles. The van der Waals surface area contributed by atoms with Gasteiger partial charge in [0.1, 0.15) is 12.4 Å². The normalized spacial score (nSPS) is 10.4. The van der Waals surface area contributed by atoms with Gasteiger partial charge in [0.25, 0.3) is 5.91 Å². The third-order valence-electron chi connectivity index (χ3n) is 2.94. The smallest absolute Gasteiger partial charge is 0.271 e. The Morgan fingerprint density at radius 3 is 2.50 bits per heavy atom. The van der Waals surface area contributed by atoms with Crippen molar-refractivity contribution in [3.63, 3.8) is 0 Å². The van der Waals surface area contributed by atoms with Crippen LogP contribution in [0.2, 0.25) is 0 Å². The topological polar surface area (TPSA) is 50.7 Å². The van der Waals surface area contributed by atoms with Crippen LogP contribution in [0.5, 0.6) is 5.75 Å². The number of benzene rings is 2. The van der Waals surface area contributed by atoms with E-state index in [9.17, 15) is 4.79 Å². The lowest BCUT2D eigenvalue weighted by Gasteiger charge is -2.03. The summed E-state index contributed by atoms with van der Waals surface area (Å²) in [6, 6.07) is 14.7. The van der Waals surface area contributed by atoms with Crippen LogP contribution in [0, 0.1) is 6.92 Å². The number of hydrogen-bond acceptors (Lipinski definition) is 3. The second kappa shape index (κ2) is 7.78. The summed E-state index contributed by atoms with van der Waals surface area (Å²) >= 11 is 0. The number of carbonyl (C=O) groups excluding carboxylic acids is 1. The molecular formula is C18H18N2O2. The highest BCUT2D eigenvalue weighted by Crippen LogP contribution is 2.10. The van der Waals surface area contributed by atoms with Crippen molar-refractivity contribution in [1.29, 1.82) is 0 Å². The van der Waals surface area contributed by atoms with E-state index in [1.165, 1.54) is 0 Å². The number of ether oxygens (including phenoxy) is 1. The van der Waals surface area contributed by atoms with Crippen LogP contribution in [0.1, 0.15) is 21.5 Å². The van der Waals surface area contributed by atoms with Gasteiger partial charge in [-0.05, 0) is 48.9 Å². The van der Waals surface area contributed by atoms with Crippen LogP contribution >= 0.6 is 0 Å². The van der Waals surface area contributed by atoms with E-state index in [1.54, 1.807) is 24.4 Å². The van der Waals surface area contributed by atoms with Gasteiger partial charge in [-0.25, -0.2) is 5.43 Å². The summed E-state index contributed by atoms with van der Waals surface area (Å²) < 4.78 is 5.39. The molecule has 0 saturated carbocycles. The van der Waals surface area contributed by atoms with E-state index < -0.39 is 0 Å². The lowest BCUT2D eigenvalue weighted by atomic mass is 10.1. The molecule has 2 aromatic rings. The number of hydrogen-bond donors (Lipinski definition) is 1. The predicted octanol–water partition coefficient (Wildman–Crippen LogP) is 3.32. The van der Waals surface area contributed by atoms with Crippen LogP contribution in [0.4, 0.5) is 0 Å². The molecular weight excluding hydrogens is 276 g/mol. The van der Waals surface area contributed by atoms with Gasteiger partial charge in [-0.1, -0.05) is 30.4 Å². The van der Waals surface area contributed by atoms with E-state index in [1.807, 2.05) is 43.3 Å². The van der Waals surface area contributed by atoms with Crippen LogP contribution < -0.4 is 10.2 Å². The Bertz CT molecular complexity index is 658. The van der Waals surface area contributed by atoms with E-state index in [0.29, 0.717) is 12.2 Å². The SMILES string of the molecule is C=CCOc1ccc(/C=N/NC(=O)c2ccc(C)cc2)cc1. The first-order valence-electron chi connectivity index (χ1n) is 6.93. The maximum absolute atomic E-state index is 11.9. The summed E-state index contributed by atoms with van der Waals surface area (Å²) in [5.74, 6) is 0.530. The molecule has 112 valence electrons. The van der Waals surface area contributed by atoms with E-state index in [-0.39, 0.29) is 5.91 Å². The molecule has 0 bridgehead atoms. The zero-order valence-corrected chi connectivity index (χ0v) is 12.5. The number of rotatable bonds is 6. The molecule has 0 aliphatic heterocycles. The average molecular weight is 294 g/mol. The van der Waals surface area contributed by atoms with Crippen molar-refractivity contribution < 1.29 is 9.53 Å². The summed E-state index contributed by atoms with van der Waals surface area (Å²) in [5, 5.41) is 3.95. The monoisotopic (exact) mass is 294 g/mol. The van der Waals surface area contributed by atoms with Crippen LogP contribution in [-0.4, -0.2) is 18.7 Å². The van der Waals surface area contributed by atoms with Gasteiger partial charge in [0.05, 0.1) is 6.21 Å². The first-order valence-corrected chi connectivity index (χ1v) is 6.93. The minimum absolute atomic E-state index is 0.234. The van der Waals surface area contributed by atoms with Crippen molar-refractivity contribution >= 4 is 12.1 Å². The largest absolute Gasteiger partial charge is 0.490 e. The van der Waals surface area contributed by atoms with Gasteiger partial charge in [-0.15, -0.1) is 0 Å². The molecule has 4 nitrogen and oxygen atoms in total. The number of aryl methyl sites for hydroxylation is 1. The van der Waals surface area contributed by atoms with E-state index >= 15 is 0 Å². The summed E-state index contributed by atoms with van der Waals surface area (Å²) in [4.78, 5) is 11.9. The number of carbonyl (C=O) groups is 1. The minimum atomic E-state index is -0.234. The molecule has 0 radical (unpaired) electrons. The molecule has 0 unspecified atom stereocenters. The van der Waals surface area contributed by atoms with Gasteiger partial charge in [0.15, 0.2) is 0 Å². The van der Waals surface area contributed by atoms with Crippen molar-refractivity contribution in [3.05, 3.63) is 77.9 Å². The lowest BCUT2D eigenvalue weighted by molar-refractivity contribution is 0.0955. The highest BCUT2D eigenvalue weighted by Gasteiger charge is 2.02. The highest BCUT2D eigenvalue weighted by molar-refractivity contribution is 5.94. The fourth-order valence-electron chi connectivity index (χ4n) is 1.74. The first-order chi connectivity index (χ1) is 10.7. The Hall–Kier alpha value is -2.88. The number of nitrogens with zero attached hydrogens (tertiary/aromatic N) is 1. The molecule has 2 rings (SSSR count). The van der Waals surface area contributed by atoms with Crippen molar-refractivity contribution in [2.45, 2.75) is 6.92 Å². The molecule has 1 amide bonds. The fourth-order valence-corrected chi connectivity index (χ4v) is 1.74. The Kier molecular flexibility index (Phi) is 5.49. The van der Waals surface area contributed by atoms with Gasteiger partial charge in [-0.3, -0.25) is 4.79 Å². The molecule has 0 atom stereocenters. The second-order valence-corrected chi connectivity index (χ2v) is 4.73. The van der Waals surface area contributed by atoms with Gasteiger partial charge in [0, 0.05) is 5.56 Å². The molecule has 0 spiro atoms. The Morgan fingerprint density at radius 2 is 1.86 bits per heavy atom. The van der Waals surface area contributed by atoms with Gasteiger partial charge < -0.3 is 4.74 Å². The molecule has 22 heavy (non-hydrogen) atoms. The van der Waals surface area contributed by atoms with E-state index in [4.69, 9.17) is 4.74 Å². The van der Waals surface area contributed by atoms with Crippen LogP contribution in [-0.2, 0) is 0 Å². The zero-order chi connectivity index (χ0) is 15.8. The van der Waals surface area contributed by atoms with E-state index in [0.717, 1.165) is 16.9 Å². The fraction of sp³-hybridized carbons (Fsp3) is 0.111. The van der Waals surface area contributed by atoms with Crippen molar-refractivity contribution in [1.82, 2.24) is 5.43 Å². The van der Waals surface area contributed by atoms with Gasteiger partial charge in [-0.2, -0.15) is 5.10 Å². The third-order valence-corrected chi connectivity index (χ3v) is 2.94. The third kappa shape index (κ3) is 4.59. The van der Waals surface area contributed by atoms with E-state index in [2.05, 4.69) is 17.1 Å². The quantitative estimate of drug-likeness (QED) is 0.505. The summed E-state index contributed by atoms with van der Waals surface area (Å²) in [6.07, 6.45) is 3.28. The van der Waals surface area contributed by atoms with Crippen molar-refractivity contribution in [2.75, 3.05) is 6.61 Å². The molecule has 0 saturated heterocycles. The number of hydrazone groups is 1. The molecule has 1 N–H and O–H groups in total. The molecule has 0 fully saturated rings. The highest BCUT2D eigenvalue weighted by atomic mass is 16.5. The van der Waals surface area contributed by atoms with Gasteiger partial charge >= 0.3 is 0 Å². The Labute approximate surface area is 130 Å². The molecule has 2 aromatic carbocycles. The summed E-state index contributed by atoms with van der Waals surface area (Å²) in [5.41, 5.74) is 5.06. The van der Waals surface area contributed by atoms with Crippen LogP contribution in [0.3, 0.4) is 0 Å². The first kappa shape index (κ1) is 15.5. The summed E-state index contributed by atoms with van der Waals surface area (Å²) in [6.45, 7) is 6.04. The number of amides is 1. The zero-order valence-electron chi connectivity index (χ0n) is 12.5. The lowest BCUT2D eigenvalue weighted by Crippen LogP contribution is -2.17. The van der Waals surface area contributed by atoms with Crippen molar-refractivity contribution in [3.8, 4) is 5.75 Å². The number of nitrogens with one attached hydrogen (secondary N) is 1. The Morgan fingerprint density at radius 1 is 1.18 bits per heavy atom. The van der Waals surface area contributed by atoms with Crippen molar-refractivity contribution in [2.24, 2.45) is 5.10 Å². The molecule has 4 heteroatoms. The molecule has 0 aromatic heterocycles. The maximum atomic E-state index is 11.9. The predicted molar refractivity (Wildman–Crippen MR) is 88.4 cm³/mol. The minimum Gasteiger partial charge on any atom is -0.490 e. The average Bonchev–Trinajstić information content (AvgIpc) is 2.54.